The number of carbonyl (C=O) groups excluding carboxylic acids is 1. The van der Waals surface area contributed by atoms with Gasteiger partial charge in [-0.05, 0) is 24.3 Å². The predicted octanol–water partition coefficient (Wildman–Crippen LogP) is 1.58. The van der Waals surface area contributed by atoms with Crippen LogP contribution in [-0.2, 0) is 20.0 Å². The van der Waals surface area contributed by atoms with E-state index in [4.69, 9.17) is 0 Å². The van der Waals surface area contributed by atoms with Gasteiger partial charge in [-0.2, -0.15) is 5.10 Å². The molecule has 0 saturated carbocycles. The van der Waals surface area contributed by atoms with Crippen LogP contribution in [0.25, 0.3) is 11.2 Å². The zero-order valence-corrected chi connectivity index (χ0v) is 14.9. The first-order chi connectivity index (χ1) is 13.2. The maximum absolute atomic E-state index is 12.4. The Morgan fingerprint density at radius 2 is 2.07 bits per heavy atom. The summed E-state index contributed by atoms with van der Waals surface area (Å²) < 4.78 is 3.72. The van der Waals surface area contributed by atoms with Crippen molar-refractivity contribution < 1.29 is 4.79 Å². The zero-order chi connectivity index (χ0) is 18.6. The Kier molecular flexibility index (Phi) is 4.61. The first-order valence-corrected chi connectivity index (χ1v) is 8.66. The first kappa shape index (κ1) is 16.9. The van der Waals surface area contributed by atoms with Gasteiger partial charge in [0.15, 0.2) is 5.65 Å². The topological polar surface area (TPSA) is 90.5 Å². The molecular formula is C19H19N7O. The minimum atomic E-state index is -0.161. The van der Waals surface area contributed by atoms with E-state index < -0.39 is 0 Å². The van der Waals surface area contributed by atoms with Gasteiger partial charge in [-0.3, -0.25) is 14.5 Å². The molecule has 0 atom stereocenters. The molecule has 136 valence electrons. The summed E-state index contributed by atoms with van der Waals surface area (Å²) in [5, 5.41) is 7.03. The van der Waals surface area contributed by atoms with Gasteiger partial charge in [0.05, 0.1) is 24.1 Å². The van der Waals surface area contributed by atoms with Crippen LogP contribution in [0.3, 0.4) is 0 Å². The lowest BCUT2D eigenvalue weighted by Gasteiger charge is -2.06. The minimum absolute atomic E-state index is 0.161. The van der Waals surface area contributed by atoms with E-state index in [2.05, 4.69) is 25.4 Å². The molecule has 8 heteroatoms. The molecule has 4 aromatic heterocycles. The number of carbonyl (C=O) groups is 1. The monoisotopic (exact) mass is 361 g/mol. The lowest BCUT2D eigenvalue weighted by atomic mass is 10.2. The van der Waals surface area contributed by atoms with Crippen molar-refractivity contribution in [3.63, 3.8) is 0 Å². The number of nitrogens with one attached hydrogen (secondary N) is 1. The molecule has 0 aliphatic rings. The van der Waals surface area contributed by atoms with Crippen molar-refractivity contribution >= 4 is 17.1 Å². The van der Waals surface area contributed by atoms with Crippen molar-refractivity contribution in [1.29, 1.82) is 0 Å². The van der Waals surface area contributed by atoms with Crippen molar-refractivity contribution in [2.24, 2.45) is 7.05 Å². The highest BCUT2D eigenvalue weighted by atomic mass is 16.1. The largest absolute Gasteiger partial charge is 0.352 e. The minimum Gasteiger partial charge on any atom is -0.352 e. The standard InChI is InChI=1S/C19H19N7O/c1-25-16(6-9-24-25)5-8-21-19(27)14-10-17-18(22-11-14)26(13-23-17)12-15-4-2-3-7-20-15/h2-4,6-7,9-11,13H,5,8,12H2,1H3,(H,21,27). The summed E-state index contributed by atoms with van der Waals surface area (Å²) in [5.74, 6) is -0.161. The molecule has 27 heavy (non-hydrogen) atoms. The smallest absolute Gasteiger partial charge is 0.252 e. The Labute approximate surface area is 155 Å². The molecule has 1 N–H and O–H groups in total. The molecule has 0 unspecified atom stereocenters. The number of nitrogens with zero attached hydrogens (tertiary/aromatic N) is 6. The number of aryl methyl sites for hydroxylation is 1. The van der Waals surface area contributed by atoms with Crippen LogP contribution < -0.4 is 5.32 Å². The summed E-state index contributed by atoms with van der Waals surface area (Å²) in [6.07, 6.45) is 7.53. The van der Waals surface area contributed by atoms with Crippen LogP contribution in [0, 0.1) is 0 Å². The van der Waals surface area contributed by atoms with Crippen LogP contribution in [-0.4, -0.2) is 41.8 Å². The molecule has 4 aromatic rings. The van der Waals surface area contributed by atoms with Gasteiger partial charge < -0.3 is 9.88 Å². The summed E-state index contributed by atoms with van der Waals surface area (Å²) in [4.78, 5) is 25.5. The molecule has 0 aliphatic heterocycles. The van der Waals surface area contributed by atoms with Crippen LogP contribution >= 0.6 is 0 Å². The molecule has 0 fully saturated rings. The van der Waals surface area contributed by atoms with Crippen molar-refractivity contribution in [3.05, 3.63) is 72.2 Å². The number of aromatic nitrogens is 6. The van der Waals surface area contributed by atoms with Crippen LogP contribution in [0.1, 0.15) is 21.7 Å². The number of fused-ring (bicyclic) bond motifs is 1. The Morgan fingerprint density at radius 1 is 1.15 bits per heavy atom. The van der Waals surface area contributed by atoms with E-state index in [1.165, 1.54) is 0 Å². The summed E-state index contributed by atoms with van der Waals surface area (Å²) in [5.41, 5.74) is 3.90. The second-order valence-corrected chi connectivity index (χ2v) is 6.21. The van der Waals surface area contributed by atoms with Crippen LogP contribution in [0.4, 0.5) is 0 Å². The molecule has 0 spiro atoms. The Morgan fingerprint density at radius 3 is 2.85 bits per heavy atom. The maximum Gasteiger partial charge on any atom is 0.252 e. The summed E-state index contributed by atoms with van der Waals surface area (Å²) in [7, 11) is 1.89. The van der Waals surface area contributed by atoms with E-state index in [-0.39, 0.29) is 5.91 Å². The van der Waals surface area contributed by atoms with Crippen LogP contribution in [0.2, 0.25) is 0 Å². The quantitative estimate of drug-likeness (QED) is 0.563. The molecule has 0 aromatic carbocycles. The number of hydrogen-bond acceptors (Lipinski definition) is 5. The Hall–Kier alpha value is -3.55. The highest BCUT2D eigenvalue weighted by molar-refractivity contribution is 5.96. The average molecular weight is 361 g/mol. The number of hydrogen-bond donors (Lipinski definition) is 1. The summed E-state index contributed by atoms with van der Waals surface area (Å²) in [6, 6.07) is 9.48. The summed E-state index contributed by atoms with van der Waals surface area (Å²) in [6.45, 7) is 1.12. The number of imidazole rings is 1. The van der Waals surface area contributed by atoms with Gasteiger partial charge in [0.1, 0.15) is 5.52 Å². The number of amides is 1. The van der Waals surface area contributed by atoms with Crippen molar-refractivity contribution in [3.8, 4) is 0 Å². The fourth-order valence-electron chi connectivity index (χ4n) is 2.91. The van der Waals surface area contributed by atoms with Gasteiger partial charge in [-0.25, -0.2) is 9.97 Å². The van der Waals surface area contributed by atoms with Crippen LogP contribution in [0.5, 0.6) is 0 Å². The molecular weight excluding hydrogens is 342 g/mol. The number of pyridine rings is 2. The maximum atomic E-state index is 12.4. The Balaban J connectivity index is 1.44. The SMILES string of the molecule is Cn1nccc1CCNC(=O)c1cnc2c(c1)ncn2Cc1ccccn1. The van der Waals surface area contributed by atoms with Gasteiger partial charge in [-0.1, -0.05) is 6.07 Å². The van der Waals surface area contributed by atoms with E-state index in [1.54, 1.807) is 35.7 Å². The lowest BCUT2D eigenvalue weighted by Crippen LogP contribution is -2.26. The molecule has 4 rings (SSSR count). The second-order valence-electron chi connectivity index (χ2n) is 6.21. The third-order valence-corrected chi connectivity index (χ3v) is 4.37. The van der Waals surface area contributed by atoms with Gasteiger partial charge in [0, 0.05) is 44.3 Å². The first-order valence-electron chi connectivity index (χ1n) is 8.66. The Bertz CT molecular complexity index is 1070. The number of rotatable bonds is 6. The zero-order valence-electron chi connectivity index (χ0n) is 14.9. The van der Waals surface area contributed by atoms with E-state index in [9.17, 15) is 4.79 Å². The van der Waals surface area contributed by atoms with Gasteiger partial charge in [0.2, 0.25) is 0 Å². The molecule has 0 bridgehead atoms. The fourth-order valence-corrected chi connectivity index (χ4v) is 2.91. The molecule has 1 amide bonds. The molecule has 0 radical (unpaired) electrons. The third kappa shape index (κ3) is 3.69. The molecule has 0 saturated heterocycles. The van der Waals surface area contributed by atoms with Gasteiger partial charge in [-0.15, -0.1) is 0 Å². The van der Waals surface area contributed by atoms with E-state index in [1.807, 2.05) is 35.9 Å². The van der Waals surface area contributed by atoms with Crippen molar-refractivity contribution in [2.75, 3.05) is 6.54 Å². The van der Waals surface area contributed by atoms with Crippen LogP contribution in [0.15, 0.2) is 55.2 Å². The molecule has 8 nitrogen and oxygen atoms in total. The van der Waals surface area contributed by atoms with Crippen molar-refractivity contribution in [1.82, 2.24) is 34.6 Å². The third-order valence-electron chi connectivity index (χ3n) is 4.37. The highest BCUT2D eigenvalue weighted by Gasteiger charge is 2.11. The van der Waals surface area contributed by atoms with E-state index >= 15 is 0 Å². The summed E-state index contributed by atoms with van der Waals surface area (Å²) >= 11 is 0. The molecule has 0 aliphatic carbocycles. The molecule has 4 heterocycles. The van der Waals surface area contributed by atoms with E-state index in [0.717, 1.165) is 23.5 Å². The van der Waals surface area contributed by atoms with Crippen molar-refractivity contribution in [2.45, 2.75) is 13.0 Å². The van der Waals surface area contributed by atoms with Gasteiger partial charge >= 0.3 is 0 Å². The second kappa shape index (κ2) is 7.36. The highest BCUT2D eigenvalue weighted by Crippen LogP contribution is 2.13. The fraction of sp³-hybridized carbons (Fsp3) is 0.211. The van der Waals surface area contributed by atoms with Gasteiger partial charge in [0.25, 0.3) is 5.91 Å². The average Bonchev–Trinajstić information content (AvgIpc) is 3.28. The predicted molar refractivity (Wildman–Crippen MR) is 100 cm³/mol. The van der Waals surface area contributed by atoms with E-state index in [0.29, 0.717) is 24.2 Å². The lowest BCUT2D eigenvalue weighted by molar-refractivity contribution is 0.0953. The normalized spacial score (nSPS) is 11.0.